The van der Waals surface area contributed by atoms with Gasteiger partial charge in [-0.2, -0.15) is 0 Å². The zero-order valence-corrected chi connectivity index (χ0v) is 8.93. The standard InChI is InChI=1S/C9H11N3O2S/c1-14-7-3-2-5(8(10)13)4-6(7)12-9(11)15/h2-4H,1H3,(H2,10,13)(H3,11,12,15). The van der Waals surface area contributed by atoms with Crippen LogP contribution in [0.15, 0.2) is 18.2 Å². The van der Waals surface area contributed by atoms with Crippen molar-refractivity contribution < 1.29 is 9.53 Å². The summed E-state index contributed by atoms with van der Waals surface area (Å²) in [7, 11) is 1.50. The summed E-state index contributed by atoms with van der Waals surface area (Å²) >= 11 is 4.69. The second-order valence-electron chi connectivity index (χ2n) is 2.77. The monoisotopic (exact) mass is 225 g/mol. The van der Waals surface area contributed by atoms with Gasteiger partial charge in [0.1, 0.15) is 5.75 Å². The molecule has 0 fully saturated rings. The van der Waals surface area contributed by atoms with Gasteiger partial charge in [0.25, 0.3) is 0 Å². The predicted molar refractivity (Wildman–Crippen MR) is 61.9 cm³/mol. The Morgan fingerprint density at radius 3 is 2.60 bits per heavy atom. The van der Waals surface area contributed by atoms with Gasteiger partial charge in [-0.25, -0.2) is 0 Å². The van der Waals surface area contributed by atoms with E-state index in [0.717, 1.165) is 0 Å². The lowest BCUT2D eigenvalue weighted by atomic mass is 10.2. The molecule has 5 N–H and O–H groups in total. The third-order valence-corrected chi connectivity index (χ3v) is 1.84. The fourth-order valence-electron chi connectivity index (χ4n) is 1.09. The number of hydrogen-bond acceptors (Lipinski definition) is 3. The molecule has 15 heavy (non-hydrogen) atoms. The SMILES string of the molecule is COc1ccc(C(N)=O)cc1NC(N)=S. The molecule has 0 unspecified atom stereocenters. The van der Waals surface area contributed by atoms with Crippen LogP contribution in [0.3, 0.4) is 0 Å². The van der Waals surface area contributed by atoms with Crippen LogP contribution in [-0.4, -0.2) is 18.1 Å². The van der Waals surface area contributed by atoms with E-state index in [4.69, 9.17) is 16.2 Å². The van der Waals surface area contributed by atoms with Crippen molar-refractivity contribution in [3.8, 4) is 5.75 Å². The van der Waals surface area contributed by atoms with E-state index >= 15 is 0 Å². The summed E-state index contributed by atoms with van der Waals surface area (Å²) in [5.74, 6) is 0.0106. The fraction of sp³-hybridized carbons (Fsp3) is 0.111. The van der Waals surface area contributed by atoms with Gasteiger partial charge in [0.2, 0.25) is 5.91 Å². The maximum absolute atomic E-state index is 10.9. The minimum Gasteiger partial charge on any atom is -0.495 e. The molecule has 0 aliphatic rings. The highest BCUT2D eigenvalue weighted by molar-refractivity contribution is 7.80. The highest BCUT2D eigenvalue weighted by Gasteiger charge is 2.07. The molecule has 0 aliphatic carbocycles. The smallest absolute Gasteiger partial charge is 0.248 e. The summed E-state index contributed by atoms with van der Waals surface area (Å²) < 4.78 is 5.05. The number of hydrogen-bond donors (Lipinski definition) is 3. The molecule has 1 aromatic carbocycles. The Balaban J connectivity index is 3.12. The Bertz CT molecular complexity index is 406. The van der Waals surface area contributed by atoms with Crippen molar-refractivity contribution in [1.29, 1.82) is 0 Å². The van der Waals surface area contributed by atoms with Crippen LogP contribution in [0.2, 0.25) is 0 Å². The first-order valence-corrected chi connectivity index (χ1v) is 4.49. The first-order chi connectivity index (χ1) is 7.04. The number of benzene rings is 1. The molecule has 0 saturated carbocycles. The number of thiocarbonyl (C=S) groups is 1. The van der Waals surface area contributed by atoms with E-state index in [1.54, 1.807) is 12.1 Å². The van der Waals surface area contributed by atoms with Crippen LogP contribution in [0.4, 0.5) is 5.69 Å². The number of primary amides is 1. The molecule has 0 bridgehead atoms. The molecular formula is C9H11N3O2S. The lowest BCUT2D eigenvalue weighted by Crippen LogP contribution is -2.20. The Morgan fingerprint density at radius 2 is 2.13 bits per heavy atom. The lowest BCUT2D eigenvalue weighted by molar-refractivity contribution is 0.100. The molecule has 0 spiro atoms. The summed E-state index contributed by atoms with van der Waals surface area (Å²) in [4.78, 5) is 10.9. The summed E-state index contributed by atoms with van der Waals surface area (Å²) in [5.41, 5.74) is 11.3. The third kappa shape index (κ3) is 2.81. The van der Waals surface area contributed by atoms with Crippen molar-refractivity contribution in [2.75, 3.05) is 12.4 Å². The molecule has 6 heteroatoms. The number of rotatable bonds is 3. The van der Waals surface area contributed by atoms with Gasteiger partial charge in [-0.1, -0.05) is 0 Å². The summed E-state index contributed by atoms with van der Waals surface area (Å²) in [6.07, 6.45) is 0. The van der Waals surface area contributed by atoms with Crippen molar-refractivity contribution in [2.24, 2.45) is 11.5 Å². The Labute approximate surface area is 92.4 Å². The van der Waals surface area contributed by atoms with Crippen LogP contribution < -0.4 is 21.5 Å². The van der Waals surface area contributed by atoms with Gasteiger partial charge in [-0.15, -0.1) is 0 Å². The Hall–Kier alpha value is -1.82. The van der Waals surface area contributed by atoms with E-state index in [0.29, 0.717) is 17.0 Å². The maximum Gasteiger partial charge on any atom is 0.248 e. The number of anilines is 1. The fourth-order valence-corrected chi connectivity index (χ4v) is 1.20. The summed E-state index contributed by atoms with van der Waals surface area (Å²) in [5, 5.41) is 2.79. The van der Waals surface area contributed by atoms with Gasteiger partial charge in [-0.3, -0.25) is 4.79 Å². The van der Waals surface area contributed by atoms with Crippen LogP contribution in [-0.2, 0) is 0 Å². The molecule has 1 rings (SSSR count). The molecule has 1 aromatic rings. The first-order valence-electron chi connectivity index (χ1n) is 4.09. The average Bonchev–Trinajstić information content (AvgIpc) is 2.16. The highest BCUT2D eigenvalue weighted by atomic mass is 32.1. The maximum atomic E-state index is 10.9. The number of ether oxygens (including phenoxy) is 1. The number of carbonyl (C=O) groups is 1. The largest absolute Gasteiger partial charge is 0.495 e. The minimum absolute atomic E-state index is 0.0925. The van der Waals surface area contributed by atoms with Crippen molar-refractivity contribution in [1.82, 2.24) is 0 Å². The molecule has 0 radical (unpaired) electrons. The van der Waals surface area contributed by atoms with Gasteiger partial charge < -0.3 is 21.5 Å². The molecule has 80 valence electrons. The Morgan fingerprint density at radius 1 is 1.47 bits per heavy atom. The van der Waals surface area contributed by atoms with Crippen molar-refractivity contribution in [2.45, 2.75) is 0 Å². The van der Waals surface area contributed by atoms with Crippen LogP contribution in [0, 0.1) is 0 Å². The van der Waals surface area contributed by atoms with Gasteiger partial charge in [0.05, 0.1) is 12.8 Å². The van der Waals surface area contributed by atoms with Crippen molar-refractivity contribution in [3.05, 3.63) is 23.8 Å². The minimum atomic E-state index is -0.524. The topological polar surface area (TPSA) is 90.4 Å². The van der Waals surface area contributed by atoms with E-state index in [1.165, 1.54) is 13.2 Å². The molecule has 0 heterocycles. The van der Waals surface area contributed by atoms with Gasteiger partial charge in [0.15, 0.2) is 5.11 Å². The molecular weight excluding hydrogens is 214 g/mol. The molecule has 0 aromatic heterocycles. The van der Waals surface area contributed by atoms with E-state index in [9.17, 15) is 4.79 Å². The van der Waals surface area contributed by atoms with Crippen LogP contribution >= 0.6 is 12.2 Å². The van der Waals surface area contributed by atoms with Crippen molar-refractivity contribution >= 4 is 28.9 Å². The molecule has 0 aliphatic heterocycles. The number of nitrogens with two attached hydrogens (primary N) is 2. The third-order valence-electron chi connectivity index (χ3n) is 1.74. The highest BCUT2D eigenvalue weighted by Crippen LogP contribution is 2.25. The quantitative estimate of drug-likeness (QED) is 0.650. The van der Waals surface area contributed by atoms with Crippen LogP contribution in [0.1, 0.15) is 10.4 Å². The van der Waals surface area contributed by atoms with Gasteiger partial charge in [0, 0.05) is 5.56 Å². The van der Waals surface area contributed by atoms with Gasteiger partial charge >= 0.3 is 0 Å². The zero-order chi connectivity index (χ0) is 11.4. The van der Waals surface area contributed by atoms with Crippen LogP contribution in [0.25, 0.3) is 0 Å². The second-order valence-corrected chi connectivity index (χ2v) is 3.21. The summed E-state index contributed by atoms with van der Waals surface area (Å²) in [6.45, 7) is 0. The molecule has 5 nitrogen and oxygen atoms in total. The van der Waals surface area contributed by atoms with Gasteiger partial charge in [-0.05, 0) is 30.4 Å². The first kappa shape index (κ1) is 11.3. The predicted octanol–water partition coefficient (Wildman–Crippen LogP) is 0.450. The summed E-state index contributed by atoms with van der Waals surface area (Å²) in [6, 6.07) is 4.70. The van der Waals surface area contributed by atoms with E-state index < -0.39 is 5.91 Å². The number of methoxy groups -OCH3 is 1. The zero-order valence-electron chi connectivity index (χ0n) is 8.11. The number of carbonyl (C=O) groups excluding carboxylic acids is 1. The lowest BCUT2D eigenvalue weighted by Gasteiger charge is -2.10. The molecule has 0 saturated heterocycles. The number of amides is 1. The molecule has 1 amide bonds. The average molecular weight is 225 g/mol. The Kier molecular flexibility index (Phi) is 3.46. The van der Waals surface area contributed by atoms with Crippen molar-refractivity contribution in [3.63, 3.8) is 0 Å². The normalized spacial score (nSPS) is 9.40. The number of nitrogens with one attached hydrogen (secondary N) is 1. The van der Waals surface area contributed by atoms with E-state index in [2.05, 4.69) is 17.5 Å². The van der Waals surface area contributed by atoms with Crippen LogP contribution in [0.5, 0.6) is 5.75 Å². The molecule has 0 atom stereocenters. The van der Waals surface area contributed by atoms with E-state index in [1.807, 2.05) is 0 Å². The van der Waals surface area contributed by atoms with E-state index in [-0.39, 0.29) is 5.11 Å². The second kappa shape index (κ2) is 4.61.